The van der Waals surface area contributed by atoms with Gasteiger partial charge in [0.05, 0.1) is 0 Å². The van der Waals surface area contributed by atoms with Gasteiger partial charge < -0.3 is 5.32 Å². The minimum atomic E-state index is -0.377. The molecule has 0 radical (unpaired) electrons. The molecule has 0 aliphatic rings. The average Bonchev–Trinajstić information content (AvgIpc) is 2.26. The zero-order valence-electron chi connectivity index (χ0n) is 9.59. The van der Waals surface area contributed by atoms with Crippen LogP contribution in [0.3, 0.4) is 0 Å². The summed E-state index contributed by atoms with van der Waals surface area (Å²) in [6, 6.07) is 4.27. The maximum atomic E-state index is 13.0. The standard InChI is InChI=1S/C13H16FNO/c1-10(16)13-9-12(14)7-6-11(13)5-3-4-8-15-2/h3,5-7,9,15H,4,8H2,1-2H3. The van der Waals surface area contributed by atoms with Crippen molar-refractivity contribution >= 4 is 11.9 Å². The lowest BCUT2D eigenvalue weighted by Crippen LogP contribution is -2.05. The molecule has 1 aromatic rings. The quantitative estimate of drug-likeness (QED) is 0.611. The van der Waals surface area contributed by atoms with Gasteiger partial charge in [0, 0.05) is 5.56 Å². The van der Waals surface area contributed by atoms with Gasteiger partial charge >= 0.3 is 0 Å². The Kier molecular flexibility index (Phi) is 4.86. The van der Waals surface area contributed by atoms with Crippen molar-refractivity contribution in [2.24, 2.45) is 0 Å². The summed E-state index contributed by atoms with van der Waals surface area (Å²) < 4.78 is 13.0. The smallest absolute Gasteiger partial charge is 0.160 e. The van der Waals surface area contributed by atoms with Crippen molar-refractivity contribution in [3.8, 4) is 0 Å². The Labute approximate surface area is 95.2 Å². The first-order valence-electron chi connectivity index (χ1n) is 5.26. The summed E-state index contributed by atoms with van der Waals surface area (Å²) in [6.07, 6.45) is 4.70. The second-order valence-electron chi connectivity index (χ2n) is 3.58. The number of halogens is 1. The molecule has 0 aromatic heterocycles. The molecule has 0 saturated carbocycles. The number of nitrogens with one attached hydrogen (secondary N) is 1. The molecule has 16 heavy (non-hydrogen) atoms. The number of rotatable bonds is 5. The van der Waals surface area contributed by atoms with Crippen molar-refractivity contribution in [1.29, 1.82) is 0 Å². The Morgan fingerprint density at radius 2 is 2.25 bits per heavy atom. The van der Waals surface area contributed by atoms with Gasteiger partial charge in [-0.25, -0.2) is 4.39 Å². The van der Waals surface area contributed by atoms with Crippen molar-refractivity contribution in [3.05, 3.63) is 41.2 Å². The monoisotopic (exact) mass is 221 g/mol. The largest absolute Gasteiger partial charge is 0.319 e. The van der Waals surface area contributed by atoms with Crippen LogP contribution >= 0.6 is 0 Å². The van der Waals surface area contributed by atoms with Gasteiger partial charge in [0.15, 0.2) is 5.78 Å². The molecule has 0 spiro atoms. The predicted molar refractivity (Wildman–Crippen MR) is 64.0 cm³/mol. The first kappa shape index (κ1) is 12.6. The Bertz CT molecular complexity index is 399. The van der Waals surface area contributed by atoms with E-state index in [4.69, 9.17) is 0 Å². The molecule has 1 N–H and O–H groups in total. The molecule has 0 fully saturated rings. The SMILES string of the molecule is CNCCC=Cc1ccc(F)cc1C(C)=O. The van der Waals surface area contributed by atoms with E-state index in [0.717, 1.165) is 18.5 Å². The van der Waals surface area contributed by atoms with Crippen LogP contribution in [0, 0.1) is 5.82 Å². The number of carbonyl (C=O) groups excluding carboxylic acids is 1. The number of Topliss-reactive ketones (excluding diaryl/α,β-unsaturated/α-hetero) is 1. The molecule has 0 heterocycles. The molecule has 0 amide bonds. The van der Waals surface area contributed by atoms with Crippen LogP contribution in [0.1, 0.15) is 29.3 Å². The van der Waals surface area contributed by atoms with Crippen molar-refractivity contribution in [2.45, 2.75) is 13.3 Å². The highest BCUT2D eigenvalue weighted by molar-refractivity contribution is 5.97. The van der Waals surface area contributed by atoms with Gasteiger partial charge in [-0.05, 0) is 44.6 Å². The zero-order valence-corrected chi connectivity index (χ0v) is 9.59. The number of hydrogen-bond acceptors (Lipinski definition) is 2. The molecule has 1 aromatic carbocycles. The maximum absolute atomic E-state index is 13.0. The van der Waals surface area contributed by atoms with Gasteiger partial charge in [-0.3, -0.25) is 4.79 Å². The van der Waals surface area contributed by atoms with E-state index >= 15 is 0 Å². The lowest BCUT2D eigenvalue weighted by molar-refractivity contribution is 0.101. The van der Waals surface area contributed by atoms with E-state index in [2.05, 4.69) is 5.32 Å². The van der Waals surface area contributed by atoms with Crippen LogP contribution in [-0.2, 0) is 0 Å². The van der Waals surface area contributed by atoms with Crippen molar-refractivity contribution < 1.29 is 9.18 Å². The summed E-state index contributed by atoms with van der Waals surface area (Å²) in [5.74, 6) is -0.495. The van der Waals surface area contributed by atoms with Crippen LogP contribution in [0.5, 0.6) is 0 Å². The summed E-state index contributed by atoms with van der Waals surface area (Å²) in [7, 11) is 1.88. The average molecular weight is 221 g/mol. The van der Waals surface area contributed by atoms with Gasteiger partial charge in [-0.2, -0.15) is 0 Å². The fraction of sp³-hybridized carbons (Fsp3) is 0.308. The molecule has 0 aliphatic heterocycles. The Morgan fingerprint density at radius 3 is 2.88 bits per heavy atom. The summed E-state index contributed by atoms with van der Waals surface area (Å²) in [4.78, 5) is 11.3. The molecule has 2 nitrogen and oxygen atoms in total. The van der Waals surface area contributed by atoms with Gasteiger partial charge in [-0.15, -0.1) is 0 Å². The third-order valence-corrected chi connectivity index (χ3v) is 2.25. The van der Waals surface area contributed by atoms with Crippen LogP contribution in [0.25, 0.3) is 6.08 Å². The lowest BCUT2D eigenvalue weighted by Gasteiger charge is -2.02. The minimum Gasteiger partial charge on any atom is -0.319 e. The minimum absolute atomic E-state index is 0.118. The highest BCUT2D eigenvalue weighted by Gasteiger charge is 2.05. The van der Waals surface area contributed by atoms with Crippen molar-refractivity contribution in [2.75, 3.05) is 13.6 Å². The third kappa shape index (κ3) is 3.59. The number of carbonyl (C=O) groups is 1. The topological polar surface area (TPSA) is 29.1 Å². The van der Waals surface area contributed by atoms with Crippen LogP contribution in [0.4, 0.5) is 4.39 Å². The second-order valence-corrected chi connectivity index (χ2v) is 3.58. The molecular formula is C13H16FNO. The number of benzene rings is 1. The Morgan fingerprint density at radius 1 is 1.50 bits per heavy atom. The summed E-state index contributed by atoms with van der Waals surface area (Å²) in [5.41, 5.74) is 1.20. The molecule has 0 bridgehead atoms. The van der Waals surface area contributed by atoms with E-state index in [-0.39, 0.29) is 11.6 Å². The summed E-state index contributed by atoms with van der Waals surface area (Å²) >= 11 is 0. The fourth-order valence-corrected chi connectivity index (χ4v) is 1.42. The normalized spacial score (nSPS) is 10.9. The van der Waals surface area contributed by atoms with Crippen LogP contribution in [0.2, 0.25) is 0 Å². The van der Waals surface area contributed by atoms with E-state index < -0.39 is 0 Å². The van der Waals surface area contributed by atoms with Crippen molar-refractivity contribution in [3.63, 3.8) is 0 Å². The second kappa shape index (κ2) is 6.18. The van der Waals surface area contributed by atoms with E-state index in [1.807, 2.05) is 19.2 Å². The highest BCUT2D eigenvalue weighted by Crippen LogP contribution is 2.14. The molecule has 3 heteroatoms. The number of hydrogen-bond donors (Lipinski definition) is 1. The summed E-state index contributed by atoms with van der Waals surface area (Å²) in [5, 5.41) is 3.02. The molecule has 0 atom stereocenters. The fourth-order valence-electron chi connectivity index (χ4n) is 1.42. The third-order valence-electron chi connectivity index (χ3n) is 2.25. The molecular weight excluding hydrogens is 205 g/mol. The number of ketones is 1. The van der Waals surface area contributed by atoms with Gasteiger partial charge in [0.1, 0.15) is 5.82 Å². The lowest BCUT2D eigenvalue weighted by atomic mass is 10.0. The van der Waals surface area contributed by atoms with Gasteiger partial charge in [0.25, 0.3) is 0 Å². The highest BCUT2D eigenvalue weighted by atomic mass is 19.1. The summed E-state index contributed by atoms with van der Waals surface area (Å²) in [6.45, 7) is 2.33. The molecule has 86 valence electrons. The first-order valence-corrected chi connectivity index (χ1v) is 5.26. The van der Waals surface area contributed by atoms with Crippen LogP contribution < -0.4 is 5.32 Å². The first-order chi connectivity index (χ1) is 7.65. The molecule has 0 unspecified atom stereocenters. The van der Waals surface area contributed by atoms with E-state index in [1.54, 1.807) is 6.07 Å². The molecule has 0 aliphatic carbocycles. The van der Waals surface area contributed by atoms with Crippen LogP contribution in [-0.4, -0.2) is 19.4 Å². The Hall–Kier alpha value is -1.48. The van der Waals surface area contributed by atoms with Crippen molar-refractivity contribution in [1.82, 2.24) is 5.32 Å². The predicted octanol–water partition coefficient (Wildman–Crippen LogP) is 2.65. The van der Waals surface area contributed by atoms with E-state index in [1.165, 1.54) is 19.1 Å². The maximum Gasteiger partial charge on any atom is 0.160 e. The van der Waals surface area contributed by atoms with Gasteiger partial charge in [0.2, 0.25) is 0 Å². The van der Waals surface area contributed by atoms with Crippen LogP contribution in [0.15, 0.2) is 24.3 Å². The molecule has 0 saturated heterocycles. The zero-order chi connectivity index (χ0) is 12.0. The van der Waals surface area contributed by atoms with Gasteiger partial charge in [-0.1, -0.05) is 18.2 Å². The van der Waals surface area contributed by atoms with E-state index in [0.29, 0.717) is 5.56 Å². The molecule has 1 rings (SSSR count). The van der Waals surface area contributed by atoms with E-state index in [9.17, 15) is 9.18 Å². The Balaban J connectivity index is 2.86.